The number of carbonyl (C=O) groups is 1. The number of rotatable bonds is 4. The van der Waals surface area contributed by atoms with Crippen molar-refractivity contribution >= 4 is 44.9 Å². The third-order valence-corrected chi connectivity index (χ3v) is 3.19. The molecule has 5 nitrogen and oxygen atoms in total. The highest BCUT2D eigenvalue weighted by molar-refractivity contribution is 9.10. The first-order valence-electron chi connectivity index (χ1n) is 5.93. The van der Waals surface area contributed by atoms with E-state index >= 15 is 0 Å². The molecule has 0 unspecified atom stereocenters. The van der Waals surface area contributed by atoms with Gasteiger partial charge in [0.05, 0.1) is 11.3 Å². The van der Waals surface area contributed by atoms with Gasteiger partial charge in [0.15, 0.2) is 0 Å². The Balaban J connectivity index is 2.26. The molecule has 0 fully saturated rings. The van der Waals surface area contributed by atoms with Crippen molar-refractivity contribution in [2.75, 3.05) is 17.2 Å². The predicted molar refractivity (Wildman–Crippen MR) is 83.3 cm³/mol. The number of carbonyl (C=O) groups excluding carboxylic acids is 1. The minimum absolute atomic E-state index is 0.152. The van der Waals surface area contributed by atoms with Gasteiger partial charge in [0.2, 0.25) is 0 Å². The smallest absolute Gasteiger partial charge is 0.258 e. The molecule has 1 amide bonds. The largest absolute Gasteiger partial charge is 0.369 e. The van der Waals surface area contributed by atoms with Gasteiger partial charge in [0.25, 0.3) is 5.91 Å². The predicted octanol–water partition coefficient (Wildman–Crippen LogP) is 3.58. The average molecular weight is 356 g/mol. The summed E-state index contributed by atoms with van der Waals surface area (Å²) in [6.45, 7) is 2.66. The van der Waals surface area contributed by atoms with Crippen LogP contribution in [0.25, 0.3) is 0 Å². The molecule has 104 valence electrons. The van der Waals surface area contributed by atoms with Crippen molar-refractivity contribution < 1.29 is 4.79 Å². The van der Waals surface area contributed by atoms with E-state index in [2.05, 4.69) is 36.5 Å². The third-order valence-electron chi connectivity index (χ3n) is 2.45. The molecular formula is C13H12BrClN4O. The van der Waals surface area contributed by atoms with E-state index in [0.29, 0.717) is 28.1 Å². The van der Waals surface area contributed by atoms with Gasteiger partial charge in [0.1, 0.15) is 11.0 Å². The first kappa shape index (κ1) is 14.7. The first-order valence-corrected chi connectivity index (χ1v) is 7.10. The van der Waals surface area contributed by atoms with Crippen molar-refractivity contribution in [1.29, 1.82) is 0 Å². The first-order chi connectivity index (χ1) is 9.61. The van der Waals surface area contributed by atoms with Gasteiger partial charge < -0.3 is 10.6 Å². The van der Waals surface area contributed by atoms with E-state index in [1.807, 2.05) is 6.92 Å². The third kappa shape index (κ3) is 3.46. The van der Waals surface area contributed by atoms with Gasteiger partial charge in [-0.3, -0.25) is 4.79 Å². The van der Waals surface area contributed by atoms with Crippen molar-refractivity contribution in [2.24, 2.45) is 0 Å². The Morgan fingerprint density at radius 1 is 1.45 bits per heavy atom. The molecule has 0 saturated heterocycles. The van der Waals surface area contributed by atoms with Crippen LogP contribution in [0.2, 0.25) is 5.15 Å². The lowest BCUT2D eigenvalue weighted by Crippen LogP contribution is -2.15. The zero-order valence-electron chi connectivity index (χ0n) is 10.7. The zero-order chi connectivity index (χ0) is 14.5. The molecule has 0 aliphatic heterocycles. The number of hydrogen-bond donors (Lipinski definition) is 2. The SMILES string of the molecule is CCNc1ncccc1NC(=O)c1cc(Br)cnc1Cl. The monoisotopic (exact) mass is 354 g/mol. The van der Waals surface area contributed by atoms with E-state index < -0.39 is 0 Å². The fourth-order valence-corrected chi connectivity index (χ4v) is 2.11. The van der Waals surface area contributed by atoms with Crippen LogP contribution in [0.5, 0.6) is 0 Å². The van der Waals surface area contributed by atoms with E-state index in [1.54, 1.807) is 24.4 Å². The van der Waals surface area contributed by atoms with Crippen molar-refractivity contribution in [2.45, 2.75) is 6.92 Å². The summed E-state index contributed by atoms with van der Waals surface area (Å²) in [5.74, 6) is 0.276. The Kier molecular flexibility index (Phi) is 4.92. The highest BCUT2D eigenvalue weighted by Gasteiger charge is 2.14. The van der Waals surface area contributed by atoms with Gasteiger partial charge in [-0.2, -0.15) is 0 Å². The molecule has 2 heterocycles. The average Bonchev–Trinajstić information content (AvgIpc) is 2.44. The molecule has 0 aliphatic rings. The topological polar surface area (TPSA) is 66.9 Å². The van der Waals surface area contributed by atoms with Gasteiger partial charge >= 0.3 is 0 Å². The van der Waals surface area contributed by atoms with E-state index in [4.69, 9.17) is 11.6 Å². The molecule has 0 saturated carbocycles. The fraction of sp³-hybridized carbons (Fsp3) is 0.154. The maximum absolute atomic E-state index is 12.2. The number of nitrogens with zero attached hydrogens (tertiary/aromatic N) is 2. The number of anilines is 2. The number of halogens is 2. The molecule has 2 rings (SSSR count). The molecule has 0 aliphatic carbocycles. The lowest BCUT2D eigenvalue weighted by molar-refractivity contribution is 0.102. The van der Waals surface area contributed by atoms with Crippen molar-refractivity contribution in [3.63, 3.8) is 0 Å². The molecule has 0 spiro atoms. The highest BCUT2D eigenvalue weighted by atomic mass is 79.9. The van der Waals surface area contributed by atoms with E-state index in [0.717, 1.165) is 0 Å². The second-order valence-corrected chi connectivity index (χ2v) is 5.15. The molecule has 0 bridgehead atoms. The van der Waals surface area contributed by atoms with Crippen LogP contribution in [-0.4, -0.2) is 22.4 Å². The summed E-state index contributed by atoms with van der Waals surface area (Å²) >= 11 is 9.20. The Morgan fingerprint density at radius 3 is 3.00 bits per heavy atom. The summed E-state index contributed by atoms with van der Waals surface area (Å²) < 4.78 is 0.685. The minimum Gasteiger partial charge on any atom is -0.369 e. The van der Waals surface area contributed by atoms with Crippen molar-refractivity contribution in [3.05, 3.63) is 45.8 Å². The van der Waals surface area contributed by atoms with Gasteiger partial charge in [-0.15, -0.1) is 0 Å². The summed E-state index contributed by atoms with van der Waals surface area (Å²) in [7, 11) is 0. The highest BCUT2D eigenvalue weighted by Crippen LogP contribution is 2.22. The molecular weight excluding hydrogens is 344 g/mol. The van der Waals surface area contributed by atoms with E-state index in [-0.39, 0.29) is 11.1 Å². The maximum Gasteiger partial charge on any atom is 0.258 e. The van der Waals surface area contributed by atoms with Gasteiger partial charge in [-0.1, -0.05) is 11.6 Å². The number of aromatic nitrogens is 2. The molecule has 0 aromatic carbocycles. The molecule has 20 heavy (non-hydrogen) atoms. The van der Waals surface area contributed by atoms with Crippen LogP contribution in [0.3, 0.4) is 0 Å². The number of pyridine rings is 2. The van der Waals surface area contributed by atoms with Gasteiger partial charge in [0, 0.05) is 23.4 Å². The molecule has 2 N–H and O–H groups in total. The van der Waals surface area contributed by atoms with Crippen LogP contribution in [0.1, 0.15) is 17.3 Å². The molecule has 0 atom stereocenters. The zero-order valence-corrected chi connectivity index (χ0v) is 13.0. The minimum atomic E-state index is -0.337. The standard InChI is InChI=1S/C13H12BrClN4O/c1-2-16-12-10(4-3-5-17-12)19-13(20)9-6-8(14)7-18-11(9)15/h3-7H,2H2,1H3,(H,16,17)(H,19,20). The van der Waals surface area contributed by atoms with Crippen LogP contribution in [0.15, 0.2) is 35.1 Å². The van der Waals surface area contributed by atoms with Crippen LogP contribution < -0.4 is 10.6 Å². The normalized spacial score (nSPS) is 10.2. The van der Waals surface area contributed by atoms with Gasteiger partial charge in [-0.05, 0) is 41.1 Å². The number of amides is 1. The summed E-state index contributed by atoms with van der Waals surface area (Å²) in [5.41, 5.74) is 0.891. The lowest BCUT2D eigenvalue weighted by Gasteiger charge is -2.11. The quantitative estimate of drug-likeness (QED) is 0.823. The second kappa shape index (κ2) is 6.67. The van der Waals surface area contributed by atoms with Gasteiger partial charge in [-0.25, -0.2) is 9.97 Å². The number of nitrogens with one attached hydrogen (secondary N) is 2. The van der Waals surface area contributed by atoms with Crippen LogP contribution in [0, 0.1) is 0 Å². The summed E-state index contributed by atoms with van der Waals surface area (Å²) in [6, 6.07) is 5.13. The maximum atomic E-state index is 12.2. The summed E-state index contributed by atoms with van der Waals surface area (Å²) in [5, 5.41) is 6.00. The summed E-state index contributed by atoms with van der Waals surface area (Å²) in [6.07, 6.45) is 3.19. The Morgan fingerprint density at radius 2 is 2.25 bits per heavy atom. The Bertz CT molecular complexity index is 636. The summed E-state index contributed by atoms with van der Waals surface area (Å²) in [4.78, 5) is 20.3. The molecule has 2 aromatic rings. The number of hydrogen-bond acceptors (Lipinski definition) is 4. The fourth-order valence-electron chi connectivity index (χ4n) is 1.59. The second-order valence-electron chi connectivity index (χ2n) is 3.88. The van der Waals surface area contributed by atoms with Crippen molar-refractivity contribution in [1.82, 2.24) is 9.97 Å². The molecule has 2 aromatic heterocycles. The van der Waals surface area contributed by atoms with Crippen LogP contribution in [0.4, 0.5) is 11.5 Å². The molecule has 7 heteroatoms. The van der Waals surface area contributed by atoms with Crippen LogP contribution in [-0.2, 0) is 0 Å². The lowest BCUT2D eigenvalue weighted by atomic mass is 10.2. The van der Waals surface area contributed by atoms with E-state index in [9.17, 15) is 4.79 Å². The van der Waals surface area contributed by atoms with Crippen LogP contribution >= 0.6 is 27.5 Å². The van der Waals surface area contributed by atoms with E-state index in [1.165, 1.54) is 6.20 Å². The van der Waals surface area contributed by atoms with Crippen molar-refractivity contribution in [3.8, 4) is 0 Å². The Labute approximate surface area is 129 Å². The molecule has 0 radical (unpaired) electrons. The Hall–Kier alpha value is -1.66.